The molecule has 0 heterocycles. The fourth-order valence-electron chi connectivity index (χ4n) is 2.25. The quantitative estimate of drug-likeness (QED) is 0.785. The monoisotopic (exact) mass is 251 g/mol. The van der Waals surface area contributed by atoms with E-state index >= 15 is 0 Å². The van der Waals surface area contributed by atoms with Crippen LogP contribution in [0, 0.1) is 0 Å². The maximum atomic E-state index is 5.18. The van der Waals surface area contributed by atoms with Crippen molar-refractivity contribution in [1.82, 2.24) is 5.32 Å². The van der Waals surface area contributed by atoms with Gasteiger partial charge in [0.2, 0.25) is 0 Å². The Labute approximate surface area is 108 Å². The van der Waals surface area contributed by atoms with E-state index in [9.17, 15) is 0 Å². The minimum atomic E-state index is 0.429. The molecule has 0 saturated heterocycles. The fraction of sp³-hybridized carbons (Fsp3) is 0.571. The lowest BCUT2D eigenvalue weighted by Crippen LogP contribution is -2.32. The fourth-order valence-corrected chi connectivity index (χ4v) is 3.30. The number of benzene rings is 1. The topological polar surface area (TPSA) is 21.3 Å². The lowest BCUT2D eigenvalue weighted by Gasteiger charge is -2.14. The predicted octanol–water partition coefficient (Wildman–Crippen LogP) is 2.50. The van der Waals surface area contributed by atoms with Gasteiger partial charge in [0.05, 0.1) is 6.61 Å². The van der Waals surface area contributed by atoms with Crippen molar-refractivity contribution in [2.75, 3.05) is 26.5 Å². The van der Waals surface area contributed by atoms with Crippen LogP contribution in [0.15, 0.2) is 23.1 Å². The van der Waals surface area contributed by atoms with Crippen LogP contribution in [-0.2, 0) is 17.6 Å². The Morgan fingerprint density at radius 3 is 2.94 bits per heavy atom. The van der Waals surface area contributed by atoms with E-state index in [4.69, 9.17) is 4.74 Å². The van der Waals surface area contributed by atoms with Crippen LogP contribution in [0.4, 0.5) is 0 Å². The smallest absolute Gasteiger partial charge is 0.0623 e. The van der Waals surface area contributed by atoms with Crippen molar-refractivity contribution in [3.63, 3.8) is 0 Å². The molecular formula is C14H21NOS. The molecule has 0 amide bonds. The molecule has 17 heavy (non-hydrogen) atoms. The number of fused-ring (bicyclic) bond motifs is 1. The summed E-state index contributed by atoms with van der Waals surface area (Å²) in [4.78, 5) is 1.39. The second-order valence-electron chi connectivity index (χ2n) is 4.54. The molecule has 0 spiro atoms. The minimum Gasteiger partial charge on any atom is -0.383 e. The van der Waals surface area contributed by atoms with Crippen LogP contribution in [0.3, 0.4) is 0 Å². The largest absolute Gasteiger partial charge is 0.383 e. The highest BCUT2D eigenvalue weighted by molar-refractivity contribution is 7.99. The van der Waals surface area contributed by atoms with Crippen LogP contribution in [0.5, 0.6) is 0 Å². The van der Waals surface area contributed by atoms with Gasteiger partial charge in [-0.15, -0.1) is 11.8 Å². The Kier molecular flexibility index (Phi) is 4.89. The third-order valence-electron chi connectivity index (χ3n) is 3.30. The molecule has 0 fully saturated rings. The second kappa shape index (κ2) is 6.43. The normalized spacial score (nSPS) is 15.9. The van der Waals surface area contributed by atoms with Crippen LogP contribution in [0.2, 0.25) is 0 Å². The van der Waals surface area contributed by atoms with E-state index in [0.29, 0.717) is 6.04 Å². The van der Waals surface area contributed by atoms with Crippen molar-refractivity contribution in [3.8, 4) is 0 Å². The van der Waals surface area contributed by atoms with Gasteiger partial charge in [-0.2, -0.15) is 0 Å². The van der Waals surface area contributed by atoms with Gasteiger partial charge in [0.25, 0.3) is 0 Å². The molecule has 0 aromatic heterocycles. The first-order chi connectivity index (χ1) is 8.33. The summed E-state index contributed by atoms with van der Waals surface area (Å²) in [5.41, 5.74) is 3.11. The average Bonchev–Trinajstić information content (AvgIpc) is 2.81. The van der Waals surface area contributed by atoms with Crippen molar-refractivity contribution in [2.24, 2.45) is 0 Å². The molecule has 1 N–H and O–H groups in total. The van der Waals surface area contributed by atoms with E-state index in [0.717, 1.165) is 12.4 Å². The van der Waals surface area contributed by atoms with E-state index < -0.39 is 0 Å². The third kappa shape index (κ3) is 3.47. The molecule has 1 unspecified atom stereocenters. The van der Waals surface area contributed by atoms with Crippen LogP contribution in [0.1, 0.15) is 17.5 Å². The van der Waals surface area contributed by atoms with E-state index in [-0.39, 0.29) is 0 Å². The maximum absolute atomic E-state index is 5.18. The lowest BCUT2D eigenvalue weighted by atomic mass is 10.1. The van der Waals surface area contributed by atoms with Crippen LogP contribution < -0.4 is 5.32 Å². The first-order valence-electron chi connectivity index (χ1n) is 6.24. The number of likely N-dealkylation sites (N-methyl/N-ethyl adjacent to an activating group) is 1. The van der Waals surface area contributed by atoms with Gasteiger partial charge in [-0.05, 0) is 49.6 Å². The first kappa shape index (κ1) is 12.9. The van der Waals surface area contributed by atoms with Crippen LogP contribution in [-0.4, -0.2) is 32.6 Å². The zero-order chi connectivity index (χ0) is 12.1. The van der Waals surface area contributed by atoms with E-state index in [1.165, 1.54) is 24.2 Å². The Morgan fingerprint density at radius 1 is 1.35 bits per heavy atom. The van der Waals surface area contributed by atoms with Crippen molar-refractivity contribution in [2.45, 2.75) is 30.2 Å². The summed E-state index contributed by atoms with van der Waals surface area (Å²) in [6, 6.07) is 7.36. The maximum Gasteiger partial charge on any atom is 0.0623 e. The molecule has 0 radical (unpaired) electrons. The highest BCUT2D eigenvalue weighted by atomic mass is 32.2. The highest BCUT2D eigenvalue weighted by Crippen LogP contribution is 2.27. The van der Waals surface area contributed by atoms with Gasteiger partial charge in [-0.1, -0.05) is 6.07 Å². The summed E-state index contributed by atoms with van der Waals surface area (Å²) in [5, 5.41) is 3.28. The number of aryl methyl sites for hydroxylation is 2. The highest BCUT2D eigenvalue weighted by Gasteiger charge is 2.12. The molecule has 0 saturated carbocycles. The van der Waals surface area contributed by atoms with Gasteiger partial charge in [0, 0.05) is 23.8 Å². The zero-order valence-electron chi connectivity index (χ0n) is 10.7. The molecule has 1 atom stereocenters. The minimum absolute atomic E-state index is 0.429. The summed E-state index contributed by atoms with van der Waals surface area (Å²) in [7, 11) is 3.75. The SMILES string of the molecule is CNC(COC)CSc1ccc2c(c1)CCC2. The number of ether oxygens (including phenoxy) is 1. The van der Waals surface area contributed by atoms with Gasteiger partial charge in [-0.25, -0.2) is 0 Å². The van der Waals surface area contributed by atoms with E-state index in [2.05, 4.69) is 23.5 Å². The molecule has 1 aromatic rings. The van der Waals surface area contributed by atoms with Crippen molar-refractivity contribution in [1.29, 1.82) is 0 Å². The first-order valence-corrected chi connectivity index (χ1v) is 7.23. The van der Waals surface area contributed by atoms with Gasteiger partial charge in [0.15, 0.2) is 0 Å². The average molecular weight is 251 g/mol. The number of methoxy groups -OCH3 is 1. The number of thioether (sulfide) groups is 1. The molecule has 1 aliphatic carbocycles. The van der Waals surface area contributed by atoms with Crippen molar-refractivity contribution >= 4 is 11.8 Å². The molecule has 3 heteroatoms. The Balaban J connectivity index is 1.90. The van der Waals surface area contributed by atoms with E-state index in [1.807, 2.05) is 18.8 Å². The molecule has 0 bridgehead atoms. The Morgan fingerprint density at radius 2 is 2.18 bits per heavy atom. The molecule has 2 rings (SSSR count). The standard InChI is InChI=1S/C14H21NOS/c1-15-13(9-16-2)10-17-14-7-6-11-4-3-5-12(11)8-14/h6-8,13,15H,3-5,9-10H2,1-2H3. The van der Waals surface area contributed by atoms with Gasteiger partial charge >= 0.3 is 0 Å². The summed E-state index contributed by atoms with van der Waals surface area (Å²) >= 11 is 1.92. The zero-order valence-corrected chi connectivity index (χ0v) is 11.5. The number of hydrogen-bond acceptors (Lipinski definition) is 3. The summed E-state index contributed by atoms with van der Waals surface area (Å²) in [6.45, 7) is 0.772. The number of rotatable bonds is 6. The molecule has 0 aliphatic heterocycles. The van der Waals surface area contributed by atoms with E-state index in [1.54, 1.807) is 18.2 Å². The lowest BCUT2D eigenvalue weighted by molar-refractivity contribution is 0.177. The predicted molar refractivity (Wildman–Crippen MR) is 73.9 cm³/mol. The molecule has 2 nitrogen and oxygen atoms in total. The Hall–Kier alpha value is -0.510. The van der Waals surface area contributed by atoms with Gasteiger partial charge in [-0.3, -0.25) is 0 Å². The molecule has 94 valence electrons. The molecular weight excluding hydrogens is 230 g/mol. The van der Waals surface area contributed by atoms with Crippen molar-refractivity contribution < 1.29 is 4.74 Å². The number of hydrogen-bond donors (Lipinski definition) is 1. The Bertz CT molecular complexity index is 367. The second-order valence-corrected chi connectivity index (χ2v) is 5.63. The summed E-state index contributed by atoms with van der Waals surface area (Å²) < 4.78 is 5.18. The van der Waals surface area contributed by atoms with Crippen LogP contribution in [0.25, 0.3) is 0 Å². The van der Waals surface area contributed by atoms with Gasteiger partial charge < -0.3 is 10.1 Å². The van der Waals surface area contributed by atoms with Gasteiger partial charge in [0.1, 0.15) is 0 Å². The summed E-state index contributed by atoms with van der Waals surface area (Å²) in [6.07, 6.45) is 3.85. The van der Waals surface area contributed by atoms with Crippen molar-refractivity contribution in [3.05, 3.63) is 29.3 Å². The number of nitrogens with one attached hydrogen (secondary N) is 1. The van der Waals surface area contributed by atoms with Crippen LogP contribution >= 0.6 is 11.8 Å². The third-order valence-corrected chi connectivity index (χ3v) is 4.45. The summed E-state index contributed by atoms with van der Waals surface area (Å²) in [5.74, 6) is 1.06. The molecule has 1 aromatic carbocycles. The molecule has 1 aliphatic rings.